The van der Waals surface area contributed by atoms with Crippen molar-refractivity contribution in [3.8, 4) is 0 Å². The van der Waals surface area contributed by atoms with Gasteiger partial charge in [-0.3, -0.25) is 0 Å². The zero-order valence-electron chi connectivity index (χ0n) is 13.8. The van der Waals surface area contributed by atoms with Crippen LogP contribution in [0, 0.1) is 22.7 Å². The van der Waals surface area contributed by atoms with Crippen LogP contribution >= 0.6 is 0 Å². The third kappa shape index (κ3) is 11.1. The van der Waals surface area contributed by atoms with Gasteiger partial charge in [-0.2, -0.15) is 0 Å². The normalized spacial score (nSPS) is 16.7. The number of rotatable bonds is 7. The monoisotopic (exact) mass is 255 g/mol. The Morgan fingerprint density at radius 3 is 1.78 bits per heavy atom. The maximum Gasteiger partial charge on any atom is 0.0850 e. The first-order valence-corrected chi connectivity index (χ1v) is 7.61. The summed E-state index contributed by atoms with van der Waals surface area (Å²) >= 11 is 0. The first-order chi connectivity index (χ1) is 8.03. The molecule has 2 unspecified atom stereocenters. The summed E-state index contributed by atoms with van der Waals surface area (Å²) in [5.41, 5.74) is 0.780. The van der Waals surface area contributed by atoms with Crippen LogP contribution in [0.4, 0.5) is 0 Å². The van der Waals surface area contributed by atoms with Crippen LogP contribution in [0.5, 0.6) is 0 Å². The minimum atomic E-state index is 0.109. The van der Waals surface area contributed by atoms with Gasteiger partial charge in [-0.05, 0) is 48.3 Å². The van der Waals surface area contributed by atoms with Gasteiger partial charge in [0.2, 0.25) is 0 Å². The van der Waals surface area contributed by atoms with Crippen molar-refractivity contribution in [3.63, 3.8) is 0 Å². The molecule has 2 atom stereocenters. The minimum absolute atomic E-state index is 0.109. The summed E-state index contributed by atoms with van der Waals surface area (Å²) < 4.78 is 0. The lowest BCUT2D eigenvalue weighted by molar-refractivity contribution is 0.120. The molecular formula is C17H35O. The molecule has 0 fully saturated rings. The predicted molar refractivity (Wildman–Crippen MR) is 80.2 cm³/mol. The highest BCUT2D eigenvalue weighted by molar-refractivity contribution is 4.70. The van der Waals surface area contributed by atoms with E-state index in [1.54, 1.807) is 0 Å². The van der Waals surface area contributed by atoms with E-state index in [1.807, 2.05) is 0 Å². The van der Waals surface area contributed by atoms with Crippen molar-refractivity contribution in [1.82, 2.24) is 0 Å². The predicted octanol–water partition coefficient (Wildman–Crippen LogP) is 5.71. The van der Waals surface area contributed by atoms with Crippen LogP contribution in [-0.2, 0) is 5.11 Å². The van der Waals surface area contributed by atoms with E-state index in [0.29, 0.717) is 16.7 Å². The average molecular weight is 255 g/mol. The standard InChI is InChI=1S/C17H35O/c1-14(12-17(5,6)7)8-9-15(13-18)10-11-16(2,3)4/h14-15H,8-13H2,1-7H3. The molecule has 0 N–H and O–H groups in total. The van der Waals surface area contributed by atoms with E-state index in [4.69, 9.17) is 0 Å². The molecule has 109 valence electrons. The van der Waals surface area contributed by atoms with E-state index in [9.17, 15) is 5.11 Å². The summed E-state index contributed by atoms with van der Waals surface area (Å²) in [6.07, 6.45) is 5.88. The molecule has 0 spiro atoms. The lowest BCUT2D eigenvalue weighted by Crippen LogP contribution is -2.15. The third-order valence-corrected chi connectivity index (χ3v) is 3.57. The van der Waals surface area contributed by atoms with Crippen molar-refractivity contribution >= 4 is 0 Å². The van der Waals surface area contributed by atoms with Crippen LogP contribution in [0.3, 0.4) is 0 Å². The molecule has 0 amide bonds. The van der Waals surface area contributed by atoms with Gasteiger partial charge in [0.1, 0.15) is 0 Å². The highest BCUT2D eigenvalue weighted by Crippen LogP contribution is 2.30. The molecule has 18 heavy (non-hydrogen) atoms. The van der Waals surface area contributed by atoms with Crippen molar-refractivity contribution in [1.29, 1.82) is 0 Å². The Balaban J connectivity index is 3.93. The zero-order valence-corrected chi connectivity index (χ0v) is 13.8. The van der Waals surface area contributed by atoms with Crippen LogP contribution < -0.4 is 0 Å². The largest absolute Gasteiger partial charge is 0.236 e. The lowest BCUT2D eigenvalue weighted by atomic mass is 9.81. The Morgan fingerprint density at radius 1 is 0.833 bits per heavy atom. The Bertz CT molecular complexity index is 207. The van der Waals surface area contributed by atoms with Crippen LogP contribution in [0.25, 0.3) is 0 Å². The smallest absolute Gasteiger partial charge is 0.0850 e. The van der Waals surface area contributed by atoms with Gasteiger partial charge in [0.25, 0.3) is 0 Å². The first kappa shape index (κ1) is 18.0. The van der Waals surface area contributed by atoms with Gasteiger partial charge in [-0.1, -0.05) is 54.9 Å². The van der Waals surface area contributed by atoms with Gasteiger partial charge in [-0.15, -0.1) is 0 Å². The molecule has 0 aromatic carbocycles. The molecule has 0 saturated carbocycles. The minimum Gasteiger partial charge on any atom is -0.236 e. The SMILES string of the molecule is CC(CCC(C[O])CCC(C)(C)C)CC(C)(C)C. The van der Waals surface area contributed by atoms with Gasteiger partial charge < -0.3 is 0 Å². The van der Waals surface area contributed by atoms with Crippen molar-refractivity contribution < 1.29 is 5.11 Å². The molecule has 0 aliphatic rings. The van der Waals surface area contributed by atoms with E-state index in [-0.39, 0.29) is 6.61 Å². The van der Waals surface area contributed by atoms with E-state index in [1.165, 1.54) is 19.3 Å². The number of hydrogen-bond acceptors (Lipinski definition) is 0. The van der Waals surface area contributed by atoms with Crippen LogP contribution in [0.2, 0.25) is 0 Å². The molecule has 1 nitrogen and oxygen atoms in total. The molecule has 0 heterocycles. The second-order valence-electron chi connectivity index (χ2n) is 8.58. The summed E-state index contributed by atoms with van der Waals surface area (Å²) in [7, 11) is 0. The first-order valence-electron chi connectivity index (χ1n) is 7.61. The van der Waals surface area contributed by atoms with Crippen molar-refractivity contribution in [3.05, 3.63) is 0 Å². The molecule has 1 heteroatoms. The van der Waals surface area contributed by atoms with E-state index >= 15 is 0 Å². The van der Waals surface area contributed by atoms with Gasteiger partial charge in [-0.25, -0.2) is 5.11 Å². The van der Waals surface area contributed by atoms with Gasteiger partial charge in [0.15, 0.2) is 0 Å². The van der Waals surface area contributed by atoms with Crippen molar-refractivity contribution in [2.45, 2.75) is 80.6 Å². The summed E-state index contributed by atoms with van der Waals surface area (Å²) in [6.45, 7) is 16.1. The van der Waals surface area contributed by atoms with E-state index in [2.05, 4.69) is 48.5 Å². The Labute approximate surface area is 115 Å². The second-order valence-corrected chi connectivity index (χ2v) is 8.58. The maximum absolute atomic E-state index is 11.2. The van der Waals surface area contributed by atoms with Gasteiger partial charge >= 0.3 is 0 Å². The highest BCUT2D eigenvalue weighted by atomic mass is 16.3. The van der Waals surface area contributed by atoms with Gasteiger partial charge in [0, 0.05) is 0 Å². The summed E-state index contributed by atoms with van der Waals surface area (Å²) in [5, 5.41) is 11.2. The molecule has 0 aliphatic carbocycles. The fourth-order valence-electron chi connectivity index (χ4n) is 2.62. The Morgan fingerprint density at radius 2 is 1.39 bits per heavy atom. The highest BCUT2D eigenvalue weighted by Gasteiger charge is 2.18. The summed E-state index contributed by atoms with van der Waals surface area (Å²) in [6, 6.07) is 0. The second kappa shape index (κ2) is 7.53. The molecule has 0 aliphatic heterocycles. The fourth-order valence-corrected chi connectivity index (χ4v) is 2.62. The van der Waals surface area contributed by atoms with Crippen LogP contribution in [0.15, 0.2) is 0 Å². The van der Waals surface area contributed by atoms with Crippen LogP contribution in [0.1, 0.15) is 80.6 Å². The molecule has 0 bridgehead atoms. The molecule has 0 rings (SSSR count). The van der Waals surface area contributed by atoms with E-state index < -0.39 is 0 Å². The molecular weight excluding hydrogens is 220 g/mol. The third-order valence-electron chi connectivity index (χ3n) is 3.57. The quantitative estimate of drug-likeness (QED) is 0.555. The average Bonchev–Trinajstić information content (AvgIpc) is 2.13. The Hall–Kier alpha value is -0.0400. The fraction of sp³-hybridized carbons (Fsp3) is 1.00. The molecule has 1 radical (unpaired) electrons. The lowest BCUT2D eigenvalue weighted by Gasteiger charge is -2.25. The number of hydrogen-bond donors (Lipinski definition) is 0. The topological polar surface area (TPSA) is 19.9 Å². The Kier molecular flexibility index (Phi) is 7.51. The molecule has 0 saturated heterocycles. The van der Waals surface area contributed by atoms with Crippen molar-refractivity contribution in [2.75, 3.05) is 6.61 Å². The van der Waals surface area contributed by atoms with Crippen molar-refractivity contribution in [2.24, 2.45) is 22.7 Å². The zero-order chi connectivity index (χ0) is 14.4. The van der Waals surface area contributed by atoms with Gasteiger partial charge in [0.05, 0.1) is 6.61 Å². The van der Waals surface area contributed by atoms with Crippen LogP contribution in [-0.4, -0.2) is 6.61 Å². The summed E-state index contributed by atoms with van der Waals surface area (Å²) in [5.74, 6) is 1.14. The molecule has 0 aromatic heterocycles. The molecule has 0 aromatic rings. The van der Waals surface area contributed by atoms with E-state index in [0.717, 1.165) is 18.8 Å². The maximum atomic E-state index is 11.2. The summed E-state index contributed by atoms with van der Waals surface area (Å²) in [4.78, 5) is 0.